The summed E-state index contributed by atoms with van der Waals surface area (Å²) in [5.74, 6) is -1.56. The Morgan fingerprint density at radius 3 is 2.43 bits per heavy atom. The molecule has 0 radical (unpaired) electrons. The summed E-state index contributed by atoms with van der Waals surface area (Å²) in [6.45, 7) is 0. The molecule has 1 amide bonds. The standard InChI is InChI=1S/C14H21NO5S/c16-13(10-5-6-21(19,20)8-10)15-11-4-2-1-3-9(11)7-12(15)14(17)18/h9-12H,1-8H2,(H,17,18)/t9-,10+,11-,12-/m0/s1. The lowest BCUT2D eigenvalue weighted by atomic mass is 9.84. The zero-order valence-corrected chi connectivity index (χ0v) is 12.7. The van der Waals surface area contributed by atoms with Crippen molar-refractivity contribution in [3.05, 3.63) is 0 Å². The first-order valence-corrected chi connectivity index (χ1v) is 9.46. The van der Waals surface area contributed by atoms with Crippen molar-refractivity contribution in [1.29, 1.82) is 0 Å². The second-order valence-corrected chi connectivity index (χ2v) is 8.78. The lowest BCUT2D eigenvalue weighted by Gasteiger charge is -2.34. The van der Waals surface area contributed by atoms with Gasteiger partial charge in [0.05, 0.1) is 17.4 Å². The number of sulfone groups is 1. The van der Waals surface area contributed by atoms with Crippen LogP contribution in [0.4, 0.5) is 0 Å². The maximum absolute atomic E-state index is 12.7. The maximum Gasteiger partial charge on any atom is 0.326 e. The quantitative estimate of drug-likeness (QED) is 0.808. The molecule has 0 unspecified atom stereocenters. The highest BCUT2D eigenvalue weighted by molar-refractivity contribution is 7.91. The van der Waals surface area contributed by atoms with Gasteiger partial charge in [0.15, 0.2) is 9.84 Å². The van der Waals surface area contributed by atoms with Crippen LogP contribution in [-0.4, -0.2) is 53.9 Å². The van der Waals surface area contributed by atoms with Gasteiger partial charge in [-0.2, -0.15) is 0 Å². The number of aliphatic carboxylic acids is 1. The summed E-state index contributed by atoms with van der Waals surface area (Å²) in [6.07, 6.45) is 4.78. The summed E-state index contributed by atoms with van der Waals surface area (Å²) in [6, 6.07) is -0.774. The molecule has 1 saturated carbocycles. The summed E-state index contributed by atoms with van der Waals surface area (Å²) >= 11 is 0. The summed E-state index contributed by atoms with van der Waals surface area (Å²) in [4.78, 5) is 25.7. The van der Waals surface area contributed by atoms with Crippen molar-refractivity contribution in [3.63, 3.8) is 0 Å². The molecule has 0 aromatic carbocycles. The Kier molecular flexibility index (Phi) is 3.71. The average molecular weight is 315 g/mol. The van der Waals surface area contributed by atoms with Crippen molar-refractivity contribution in [3.8, 4) is 0 Å². The summed E-state index contributed by atoms with van der Waals surface area (Å²) < 4.78 is 23.1. The van der Waals surface area contributed by atoms with E-state index < -0.39 is 27.8 Å². The number of carboxylic acid groups (broad SMARTS) is 1. The zero-order chi connectivity index (χ0) is 15.2. The maximum atomic E-state index is 12.7. The van der Waals surface area contributed by atoms with E-state index in [0.717, 1.165) is 25.7 Å². The number of fused-ring (bicyclic) bond motifs is 1. The van der Waals surface area contributed by atoms with Crippen LogP contribution in [0, 0.1) is 11.8 Å². The number of hydrogen-bond acceptors (Lipinski definition) is 4. The van der Waals surface area contributed by atoms with Gasteiger partial charge in [0.25, 0.3) is 0 Å². The van der Waals surface area contributed by atoms with Gasteiger partial charge in [-0.1, -0.05) is 12.8 Å². The molecule has 0 spiro atoms. The molecule has 0 bridgehead atoms. The van der Waals surface area contributed by atoms with E-state index in [4.69, 9.17) is 0 Å². The molecule has 118 valence electrons. The zero-order valence-electron chi connectivity index (χ0n) is 11.9. The van der Waals surface area contributed by atoms with E-state index in [0.29, 0.717) is 12.8 Å². The molecule has 1 N–H and O–H groups in total. The van der Waals surface area contributed by atoms with Gasteiger partial charge < -0.3 is 10.0 Å². The number of likely N-dealkylation sites (tertiary alicyclic amines) is 1. The van der Waals surface area contributed by atoms with Gasteiger partial charge in [-0.25, -0.2) is 13.2 Å². The molecule has 2 saturated heterocycles. The van der Waals surface area contributed by atoms with E-state index in [1.54, 1.807) is 0 Å². The summed E-state index contributed by atoms with van der Waals surface area (Å²) in [7, 11) is -3.13. The number of rotatable bonds is 2. The summed E-state index contributed by atoms with van der Waals surface area (Å²) in [5, 5.41) is 9.41. The van der Waals surface area contributed by atoms with Crippen LogP contribution in [0.15, 0.2) is 0 Å². The Bertz CT molecular complexity index is 558. The van der Waals surface area contributed by atoms with Crippen LogP contribution in [-0.2, 0) is 19.4 Å². The summed E-state index contributed by atoms with van der Waals surface area (Å²) in [5.41, 5.74) is 0. The molecule has 7 heteroatoms. The van der Waals surface area contributed by atoms with Gasteiger partial charge >= 0.3 is 5.97 Å². The molecular formula is C14H21NO5S. The fourth-order valence-corrected chi connectivity index (χ4v) is 5.93. The number of carbonyl (C=O) groups is 2. The Hall–Kier alpha value is -1.11. The van der Waals surface area contributed by atoms with E-state index in [1.165, 1.54) is 4.90 Å². The van der Waals surface area contributed by atoms with Gasteiger partial charge in [-0.05, 0) is 31.6 Å². The van der Waals surface area contributed by atoms with Crippen molar-refractivity contribution < 1.29 is 23.1 Å². The van der Waals surface area contributed by atoms with E-state index in [2.05, 4.69) is 0 Å². The third-order valence-electron chi connectivity index (χ3n) is 5.21. The first-order valence-electron chi connectivity index (χ1n) is 7.64. The number of carbonyl (C=O) groups excluding carboxylic acids is 1. The van der Waals surface area contributed by atoms with Gasteiger partial charge in [-0.3, -0.25) is 4.79 Å². The van der Waals surface area contributed by atoms with E-state index in [1.807, 2.05) is 0 Å². The number of amides is 1. The third-order valence-corrected chi connectivity index (χ3v) is 6.98. The van der Waals surface area contributed by atoms with E-state index in [-0.39, 0.29) is 29.4 Å². The van der Waals surface area contributed by atoms with Gasteiger partial charge in [0.1, 0.15) is 6.04 Å². The van der Waals surface area contributed by atoms with Crippen molar-refractivity contribution in [2.75, 3.05) is 11.5 Å². The van der Waals surface area contributed by atoms with Crippen LogP contribution in [0.3, 0.4) is 0 Å². The fraction of sp³-hybridized carbons (Fsp3) is 0.857. The highest BCUT2D eigenvalue weighted by atomic mass is 32.2. The minimum Gasteiger partial charge on any atom is -0.480 e. The first-order chi connectivity index (χ1) is 9.89. The topological polar surface area (TPSA) is 91.8 Å². The molecule has 6 nitrogen and oxygen atoms in total. The second kappa shape index (κ2) is 5.26. The SMILES string of the molecule is O=C(O)[C@@H]1C[C@@H]2CCCC[C@@H]2N1C(=O)[C@@H]1CCS(=O)(=O)C1. The molecule has 0 aromatic rings. The van der Waals surface area contributed by atoms with Crippen LogP contribution in [0.25, 0.3) is 0 Å². The predicted molar refractivity (Wildman–Crippen MR) is 75.4 cm³/mol. The second-order valence-electron chi connectivity index (χ2n) is 6.55. The third kappa shape index (κ3) is 2.67. The molecule has 2 aliphatic heterocycles. The minimum absolute atomic E-state index is 0.00402. The van der Waals surface area contributed by atoms with Crippen molar-refractivity contribution in [2.24, 2.45) is 11.8 Å². The Balaban J connectivity index is 1.83. The lowest BCUT2D eigenvalue weighted by Crippen LogP contribution is -2.48. The van der Waals surface area contributed by atoms with Crippen LogP contribution < -0.4 is 0 Å². The molecule has 2 heterocycles. The fourth-order valence-electron chi connectivity index (χ4n) is 4.20. The average Bonchev–Trinajstić information content (AvgIpc) is 2.98. The molecule has 0 aromatic heterocycles. The molecule has 4 atom stereocenters. The van der Waals surface area contributed by atoms with Gasteiger partial charge in [-0.15, -0.1) is 0 Å². The smallest absolute Gasteiger partial charge is 0.326 e. The Labute approximate surface area is 124 Å². The molecule has 3 aliphatic rings. The normalized spacial score (nSPS) is 38.2. The number of nitrogens with zero attached hydrogens (tertiary/aromatic N) is 1. The van der Waals surface area contributed by atoms with Crippen molar-refractivity contribution in [1.82, 2.24) is 4.90 Å². The van der Waals surface area contributed by atoms with E-state index in [9.17, 15) is 23.1 Å². The van der Waals surface area contributed by atoms with Crippen LogP contribution in [0.2, 0.25) is 0 Å². The van der Waals surface area contributed by atoms with Crippen molar-refractivity contribution in [2.45, 2.75) is 50.6 Å². The predicted octanol–water partition coefficient (Wildman–Crippen LogP) is 0.665. The molecular weight excluding hydrogens is 294 g/mol. The molecule has 1 aliphatic carbocycles. The monoisotopic (exact) mass is 315 g/mol. The Morgan fingerprint density at radius 2 is 1.81 bits per heavy atom. The number of carboxylic acids is 1. The molecule has 3 rings (SSSR count). The van der Waals surface area contributed by atoms with Gasteiger partial charge in [0, 0.05) is 6.04 Å². The minimum atomic E-state index is -3.13. The van der Waals surface area contributed by atoms with Gasteiger partial charge in [0.2, 0.25) is 5.91 Å². The van der Waals surface area contributed by atoms with Crippen LogP contribution in [0.1, 0.15) is 38.5 Å². The van der Waals surface area contributed by atoms with Crippen LogP contribution in [0.5, 0.6) is 0 Å². The molecule has 3 fully saturated rings. The first kappa shape index (κ1) is 14.8. The number of hydrogen-bond donors (Lipinski definition) is 1. The molecule has 21 heavy (non-hydrogen) atoms. The Morgan fingerprint density at radius 1 is 1.10 bits per heavy atom. The highest BCUT2D eigenvalue weighted by Crippen LogP contribution is 2.41. The lowest BCUT2D eigenvalue weighted by molar-refractivity contribution is -0.151. The van der Waals surface area contributed by atoms with Crippen LogP contribution >= 0.6 is 0 Å². The van der Waals surface area contributed by atoms with E-state index >= 15 is 0 Å². The largest absolute Gasteiger partial charge is 0.480 e. The highest BCUT2D eigenvalue weighted by Gasteiger charge is 2.50. The van der Waals surface area contributed by atoms with Crippen molar-refractivity contribution >= 4 is 21.7 Å².